The maximum absolute atomic E-state index is 12.2. The Labute approximate surface area is 116 Å². The van der Waals surface area contributed by atoms with E-state index in [0.717, 1.165) is 12.8 Å². The van der Waals surface area contributed by atoms with E-state index in [9.17, 15) is 4.79 Å². The van der Waals surface area contributed by atoms with Gasteiger partial charge in [0.15, 0.2) is 0 Å². The zero-order chi connectivity index (χ0) is 13.2. The molecule has 1 aromatic carbocycles. The molecule has 1 aromatic heterocycles. The van der Waals surface area contributed by atoms with Crippen LogP contribution in [0.5, 0.6) is 0 Å². The lowest BCUT2D eigenvalue weighted by Gasteiger charge is -2.14. The zero-order valence-electron chi connectivity index (χ0n) is 10.3. The summed E-state index contributed by atoms with van der Waals surface area (Å²) in [5.41, 5.74) is 3.08. The SMILES string of the molecule is O=C(N[C@@H]1CCc2ccccc21)c1ccc[nH]c1=S. The lowest BCUT2D eigenvalue weighted by molar-refractivity contribution is 0.0936. The van der Waals surface area contributed by atoms with E-state index >= 15 is 0 Å². The second kappa shape index (κ2) is 4.97. The van der Waals surface area contributed by atoms with Crippen molar-refractivity contribution in [3.05, 3.63) is 63.9 Å². The number of aryl methyl sites for hydroxylation is 1. The number of fused-ring (bicyclic) bond motifs is 1. The number of rotatable bonds is 2. The third kappa shape index (κ3) is 2.31. The fourth-order valence-corrected chi connectivity index (χ4v) is 2.77. The van der Waals surface area contributed by atoms with Gasteiger partial charge in [0.2, 0.25) is 0 Å². The van der Waals surface area contributed by atoms with Gasteiger partial charge in [0, 0.05) is 6.20 Å². The molecule has 0 spiro atoms. The number of aromatic amines is 1. The smallest absolute Gasteiger partial charge is 0.254 e. The number of hydrogen-bond donors (Lipinski definition) is 2. The second-order valence-corrected chi connectivity index (χ2v) is 5.08. The van der Waals surface area contributed by atoms with E-state index in [2.05, 4.69) is 22.4 Å². The van der Waals surface area contributed by atoms with E-state index in [1.54, 1.807) is 18.3 Å². The van der Waals surface area contributed by atoms with E-state index in [4.69, 9.17) is 12.2 Å². The lowest BCUT2D eigenvalue weighted by Crippen LogP contribution is -2.27. The first-order chi connectivity index (χ1) is 9.25. The monoisotopic (exact) mass is 270 g/mol. The van der Waals surface area contributed by atoms with Gasteiger partial charge >= 0.3 is 0 Å². The van der Waals surface area contributed by atoms with E-state index in [-0.39, 0.29) is 11.9 Å². The highest BCUT2D eigenvalue weighted by molar-refractivity contribution is 7.71. The van der Waals surface area contributed by atoms with Gasteiger partial charge in [0.1, 0.15) is 4.64 Å². The van der Waals surface area contributed by atoms with Crippen molar-refractivity contribution in [2.24, 2.45) is 0 Å². The van der Waals surface area contributed by atoms with Crippen molar-refractivity contribution >= 4 is 18.1 Å². The Kier molecular flexibility index (Phi) is 3.17. The molecule has 0 saturated carbocycles. The van der Waals surface area contributed by atoms with Crippen molar-refractivity contribution < 1.29 is 4.79 Å². The van der Waals surface area contributed by atoms with Gasteiger partial charge in [-0.25, -0.2) is 0 Å². The molecule has 0 fully saturated rings. The Morgan fingerprint density at radius 3 is 2.95 bits per heavy atom. The molecule has 1 heterocycles. The van der Waals surface area contributed by atoms with E-state index in [1.165, 1.54) is 11.1 Å². The van der Waals surface area contributed by atoms with Crippen molar-refractivity contribution in [3.8, 4) is 0 Å². The summed E-state index contributed by atoms with van der Waals surface area (Å²) in [5, 5.41) is 3.07. The van der Waals surface area contributed by atoms with Crippen molar-refractivity contribution in [3.63, 3.8) is 0 Å². The van der Waals surface area contributed by atoms with Crippen LogP contribution in [-0.2, 0) is 6.42 Å². The molecule has 1 atom stereocenters. The van der Waals surface area contributed by atoms with Crippen molar-refractivity contribution in [1.29, 1.82) is 0 Å². The summed E-state index contributed by atoms with van der Waals surface area (Å²) >= 11 is 5.13. The van der Waals surface area contributed by atoms with Crippen molar-refractivity contribution in [1.82, 2.24) is 10.3 Å². The molecule has 0 unspecified atom stereocenters. The maximum atomic E-state index is 12.2. The van der Waals surface area contributed by atoms with Crippen LogP contribution in [0.2, 0.25) is 0 Å². The minimum Gasteiger partial charge on any atom is -0.352 e. The molecule has 3 nitrogen and oxygen atoms in total. The molecule has 2 N–H and O–H groups in total. The van der Waals surface area contributed by atoms with E-state index in [1.807, 2.05) is 12.1 Å². The first kappa shape index (κ1) is 12.1. The number of aromatic nitrogens is 1. The summed E-state index contributed by atoms with van der Waals surface area (Å²) in [4.78, 5) is 15.1. The van der Waals surface area contributed by atoms with E-state index in [0.29, 0.717) is 10.2 Å². The first-order valence-electron chi connectivity index (χ1n) is 6.32. The highest BCUT2D eigenvalue weighted by Crippen LogP contribution is 2.30. The Balaban J connectivity index is 1.82. The summed E-state index contributed by atoms with van der Waals surface area (Å²) in [6.07, 6.45) is 3.70. The number of amides is 1. The number of carbonyl (C=O) groups excluding carboxylic acids is 1. The van der Waals surface area contributed by atoms with Crippen LogP contribution in [0.1, 0.15) is 33.9 Å². The van der Waals surface area contributed by atoms with Crippen LogP contribution in [-0.4, -0.2) is 10.9 Å². The largest absolute Gasteiger partial charge is 0.352 e. The quantitative estimate of drug-likeness (QED) is 0.823. The molecule has 1 aliphatic carbocycles. The third-order valence-electron chi connectivity index (χ3n) is 3.50. The average molecular weight is 270 g/mol. The summed E-state index contributed by atoms with van der Waals surface area (Å²) in [5.74, 6) is -0.108. The summed E-state index contributed by atoms with van der Waals surface area (Å²) < 4.78 is 0.478. The Hall–Kier alpha value is -1.94. The van der Waals surface area contributed by atoms with Crippen LogP contribution in [0.15, 0.2) is 42.6 Å². The number of nitrogens with one attached hydrogen (secondary N) is 2. The molecule has 1 amide bonds. The van der Waals surface area contributed by atoms with Crippen LogP contribution in [0.3, 0.4) is 0 Å². The van der Waals surface area contributed by atoms with Gasteiger partial charge in [-0.05, 0) is 36.1 Å². The molecule has 96 valence electrons. The van der Waals surface area contributed by atoms with Gasteiger partial charge in [-0.1, -0.05) is 36.5 Å². The summed E-state index contributed by atoms with van der Waals surface area (Å²) in [6, 6.07) is 11.9. The number of pyridine rings is 1. The highest BCUT2D eigenvalue weighted by Gasteiger charge is 2.23. The molecular formula is C15H14N2OS. The predicted octanol–water partition coefficient (Wildman–Crippen LogP) is 3.16. The van der Waals surface area contributed by atoms with Crippen molar-refractivity contribution in [2.75, 3.05) is 0 Å². The maximum Gasteiger partial charge on any atom is 0.254 e. The van der Waals surface area contributed by atoms with Gasteiger partial charge in [0.25, 0.3) is 5.91 Å². The van der Waals surface area contributed by atoms with Crippen LogP contribution in [0, 0.1) is 4.64 Å². The van der Waals surface area contributed by atoms with Gasteiger partial charge in [-0.2, -0.15) is 0 Å². The molecule has 0 saturated heterocycles. The Bertz CT molecular complexity index is 678. The van der Waals surface area contributed by atoms with Gasteiger partial charge in [-0.3, -0.25) is 4.79 Å². The Morgan fingerprint density at radius 1 is 1.26 bits per heavy atom. The van der Waals surface area contributed by atoms with E-state index < -0.39 is 0 Å². The minimum atomic E-state index is -0.108. The van der Waals surface area contributed by atoms with Gasteiger partial charge in [0.05, 0.1) is 11.6 Å². The normalized spacial score (nSPS) is 16.9. The van der Waals surface area contributed by atoms with Crippen LogP contribution in [0.4, 0.5) is 0 Å². The molecule has 2 aromatic rings. The molecule has 3 rings (SSSR count). The first-order valence-corrected chi connectivity index (χ1v) is 6.73. The predicted molar refractivity (Wildman–Crippen MR) is 76.6 cm³/mol. The number of H-pyrrole nitrogens is 1. The van der Waals surface area contributed by atoms with Gasteiger partial charge < -0.3 is 10.3 Å². The van der Waals surface area contributed by atoms with Crippen LogP contribution < -0.4 is 5.32 Å². The molecule has 1 aliphatic rings. The van der Waals surface area contributed by atoms with Gasteiger partial charge in [-0.15, -0.1) is 0 Å². The Morgan fingerprint density at radius 2 is 2.11 bits per heavy atom. The minimum absolute atomic E-state index is 0.0957. The molecule has 4 heteroatoms. The highest BCUT2D eigenvalue weighted by atomic mass is 32.1. The van der Waals surface area contributed by atoms with Crippen LogP contribution in [0.25, 0.3) is 0 Å². The number of carbonyl (C=O) groups is 1. The summed E-state index contributed by atoms with van der Waals surface area (Å²) in [7, 11) is 0. The van der Waals surface area contributed by atoms with Crippen molar-refractivity contribution in [2.45, 2.75) is 18.9 Å². The number of benzene rings is 1. The fraction of sp³-hybridized carbons (Fsp3) is 0.200. The topological polar surface area (TPSA) is 44.9 Å². The average Bonchev–Trinajstić information content (AvgIpc) is 2.83. The molecule has 0 radical (unpaired) electrons. The third-order valence-corrected chi connectivity index (χ3v) is 3.84. The molecular weight excluding hydrogens is 256 g/mol. The van der Waals surface area contributed by atoms with Crippen LogP contribution >= 0.6 is 12.2 Å². The lowest BCUT2D eigenvalue weighted by atomic mass is 10.1. The molecule has 19 heavy (non-hydrogen) atoms. The summed E-state index contributed by atoms with van der Waals surface area (Å²) in [6.45, 7) is 0. The standard InChI is InChI=1S/C15H14N2OS/c18-14(12-6-3-9-16-15(12)19)17-13-8-7-10-4-1-2-5-11(10)13/h1-6,9,13H,7-8H2,(H,16,19)(H,17,18)/t13-/m1/s1. The second-order valence-electron chi connectivity index (χ2n) is 4.68. The number of hydrogen-bond acceptors (Lipinski definition) is 2. The molecule has 0 aliphatic heterocycles. The zero-order valence-corrected chi connectivity index (χ0v) is 11.2. The fourth-order valence-electron chi connectivity index (χ4n) is 2.54. The molecule has 0 bridgehead atoms.